The van der Waals surface area contributed by atoms with E-state index in [4.69, 9.17) is 11.6 Å². The molecule has 0 aliphatic carbocycles. The standard InChI is InChI=1S/C23H19ClN2O3/c24-20-8-4-3-7-19(20)23(29)26-14-16-6-2-1-5-15(16)13-21(26)22(28)25-17-9-11-18(27)12-10-17/h1-12,21,27H,13-14H2,(H,25,28). The molecule has 2 amide bonds. The lowest BCUT2D eigenvalue weighted by Gasteiger charge is -2.36. The summed E-state index contributed by atoms with van der Waals surface area (Å²) < 4.78 is 0. The number of aromatic hydroxyl groups is 1. The monoisotopic (exact) mass is 406 g/mol. The Labute approximate surface area is 173 Å². The van der Waals surface area contributed by atoms with Crippen LogP contribution in [0.15, 0.2) is 72.8 Å². The number of anilines is 1. The predicted octanol–water partition coefficient (Wildman–Crippen LogP) is 4.25. The number of amides is 2. The molecule has 0 spiro atoms. The van der Waals surface area contributed by atoms with Crippen LogP contribution in [0.4, 0.5) is 5.69 Å². The first-order valence-electron chi connectivity index (χ1n) is 9.25. The van der Waals surface area contributed by atoms with Crippen LogP contribution in [0.3, 0.4) is 0 Å². The van der Waals surface area contributed by atoms with Gasteiger partial charge in [0.1, 0.15) is 11.8 Å². The Morgan fingerprint density at radius 3 is 2.31 bits per heavy atom. The molecular weight excluding hydrogens is 388 g/mol. The van der Waals surface area contributed by atoms with Crippen molar-refractivity contribution in [3.63, 3.8) is 0 Å². The number of phenols is 1. The third-order valence-electron chi connectivity index (χ3n) is 5.05. The number of nitrogens with one attached hydrogen (secondary N) is 1. The summed E-state index contributed by atoms with van der Waals surface area (Å²) in [5, 5.41) is 12.6. The summed E-state index contributed by atoms with van der Waals surface area (Å²) in [6, 6.07) is 20.2. The Balaban J connectivity index is 1.66. The average molecular weight is 407 g/mol. The van der Waals surface area contributed by atoms with E-state index in [9.17, 15) is 14.7 Å². The van der Waals surface area contributed by atoms with E-state index in [1.54, 1.807) is 41.3 Å². The average Bonchev–Trinajstić information content (AvgIpc) is 2.74. The second kappa shape index (κ2) is 7.97. The first-order chi connectivity index (χ1) is 14.0. The van der Waals surface area contributed by atoms with E-state index in [0.717, 1.165) is 11.1 Å². The number of fused-ring (bicyclic) bond motifs is 1. The lowest BCUT2D eigenvalue weighted by atomic mass is 9.92. The van der Waals surface area contributed by atoms with Crippen LogP contribution in [-0.2, 0) is 17.8 Å². The third-order valence-corrected chi connectivity index (χ3v) is 5.38. The van der Waals surface area contributed by atoms with Gasteiger partial charge in [0.15, 0.2) is 0 Å². The molecular formula is C23H19ClN2O3. The lowest BCUT2D eigenvalue weighted by Crippen LogP contribution is -2.50. The van der Waals surface area contributed by atoms with Gasteiger partial charge in [-0.25, -0.2) is 0 Å². The minimum Gasteiger partial charge on any atom is -0.508 e. The van der Waals surface area contributed by atoms with Gasteiger partial charge >= 0.3 is 0 Å². The molecule has 1 aliphatic heterocycles. The highest BCUT2D eigenvalue weighted by Crippen LogP contribution is 2.28. The zero-order valence-electron chi connectivity index (χ0n) is 15.5. The second-order valence-electron chi connectivity index (χ2n) is 6.94. The number of hydrogen-bond donors (Lipinski definition) is 2. The first kappa shape index (κ1) is 19.0. The first-order valence-corrected chi connectivity index (χ1v) is 9.63. The van der Waals surface area contributed by atoms with E-state index >= 15 is 0 Å². The molecule has 1 heterocycles. The van der Waals surface area contributed by atoms with Crippen molar-refractivity contribution in [2.24, 2.45) is 0 Å². The maximum Gasteiger partial charge on any atom is 0.256 e. The molecule has 1 atom stereocenters. The molecule has 1 aliphatic rings. The Hall–Kier alpha value is -3.31. The molecule has 0 aromatic heterocycles. The van der Waals surface area contributed by atoms with E-state index < -0.39 is 6.04 Å². The maximum absolute atomic E-state index is 13.3. The zero-order chi connectivity index (χ0) is 20.4. The molecule has 0 saturated heterocycles. The van der Waals surface area contributed by atoms with E-state index in [2.05, 4.69) is 5.32 Å². The van der Waals surface area contributed by atoms with Gasteiger partial charge in [0.05, 0.1) is 10.6 Å². The van der Waals surface area contributed by atoms with E-state index in [1.165, 1.54) is 12.1 Å². The van der Waals surface area contributed by atoms with Crippen LogP contribution < -0.4 is 5.32 Å². The van der Waals surface area contributed by atoms with Crippen LogP contribution in [0.25, 0.3) is 0 Å². The number of rotatable bonds is 3. The fraction of sp³-hybridized carbons (Fsp3) is 0.130. The molecule has 0 bridgehead atoms. The minimum absolute atomic E-state index is 0.116. The number of halogens is 1. The smallest absolute Gasteiger partial charge is 0.256 e. The lowest BCUT2D eigenvalue weighted by molar-refractivity contribution is -0.121. The number of phenolic OH excluding ortho intramolecular Hbond substituents is 1. The molecule has 2 N–H and O–H groups in total. The number of hydrogen-bond acceptors (Lipinski definition) is 3. The van der Waals surface area contributed by atoms with Crippen molar-refractivity contribution in [1.29, 1.82) is 0 Å². The normalized spacial score (nSPS) is 15.5. The minimum atomic E-state index is -0.678. The van der Waals surface area contributed by atoms with Crippen molar-refractivity contribution in [2.75, 3.05) is 5.32 Å². The van der Waals surface area contributed by atoms with Crippen LogP contribution in [0.5, 0.6) is 5.75 Å². The maximum atomic E-state index is 13.3. The molecule has 3 aromatic rings. The van der Waals surface area contributed by atoms with Gasteiger partial charge in [-0.1, -0.05) is 48.0 Å². The topological polar surface area (TPSA) is 69.6 Å². The summed E-state index contributed by atoms with van der Waals surface area (Å²) in [7, 11) is 0. The number of carbonyl (C=O) groups excluding carboxylic acids is 2. The van der Waals surface area contributed by atoms with Crippen molar-refractivity contribution in [1.82, 2.24) is 4.90 Å². The van der Waals surface area contributed by atoms with Gasteiger partial charge < -0.3 is 15.3 Å². The SMILES string of the molecule is O=C(Nc1ccc(O)cc1)C1Cc2ccccc2CN1C(=O)c1ccccc1Cl. The molecule has 0 fully saturated rings. The Morgan fingerprint density at radius 2 is 1.59 bits per heavy atom. The van der Waals surface area contributed by atoms with Gasteiger partial charge in [-0.05, 0) is 47.5 Å². The number of carbonyl (C=O) groups is 2. The molecule has 3 aromatic carbocycles. The fourth-order valence-electron chi connectivity index (χ4n) is 3.53. The number of benzene rings is 3. The predicted molar refractivity (Wildman–Crippen MR) is 112 cm³/mol. The Morgan fingerprint density at radius 1 is 0.931 bits per heavy atom. The van der Waals surface area contributed by atoms with Crippen LogP contribution in [-0.4, -0.2) is 27.9 Å². The Kier molecular flexibility index (Phi) is 5.23. The van der Waals surface area contributed by atoms with Crippen molar-refractivity contribution in [3.05, 3.63) is 94.5 Å². The highest BCUT2D eigenvalue weighted by atomic mass is 35.5. The van der Waals surface area contributed by atoms with Crippen molar-refractivity contribution in [2.45, 2.75) is 19.0 Å². The molecule has 4 rings (SSSR count). The van der Waals surface area contributed by atoms with Gasteiger partial charge in [-0.2, -0.15) is 0 Å². The van der Waals surface area contributed by atoms with Gasteiger partial charge in [0.25, 0.3) is 5.91 Å². The van der Waals surface area contributed by atoms with Gasteiger partial charge in [0, 0.05) is 18.7 Å². The summed E-state index contributed by atoms with van der Waals surface area (Å²) in [4.78, 5) is 27.9. The third kappa shape index (κ3) is 3.96. The van der Waals surface area contributed by atoms with Crippen molar-refractivity contribution >= 4 is 29.1 Å². The van der Waals surface area contributed by atoms with Gasteiger partial charge in [-0.15, -0.1) is 0 Å². The second-order valence-corrected chi connectivity index (χ2v) is 7.34. The molecule has 5 nitrogen and oxygen atoms in total. The summed E-state index contributed by atoms with van der Waals surface area (Å²) in [6.07, 6.45) is 0.413. The molecule has 1 unspecified atom stereocenters. The van der Waals surface area contributed by atoms with E-state index in [0.29, 0.717) is 29.2 Å². The summed E-state index contributed by atoms with van der Waals surface area (Å²) in [6.45, 7) is 0.327. The summed E-state index contributed by atoms with van der Waals surface area (Å²) in [5.41, 5.74) is 2.98. The van der Waals surface area contributed by atoms with E-state index in [1.807, 2.05) is 24.3 Å². The highest BCUT2D eigenvalue weighted by molar-refractivity contribution is 6.33. The molecule has 0 radical (unpaired) electrons. The summed E-state index contributed by atoms with van der Waals surface area (Å²) in [5.74, 6) is -0.452. The molecule has 29 heavy (non-hydrogen) atoms. The van der Waals surface area contributed by atoms with Crippen LogP contribution in [0, 0.1) is 0 Å². The Bertz CT molecular complexity index is 1070. The van der Waals surface area contributed by atoms with Gasteiger partial charge in [-0.3, -0.25) is 9.59 Å². The van der Waals surface area contributed by atoms with Crippen LogP contribution >= 0.6 is 11.6 Å². The van der Waals surface area contributed by atoms with Gasteiger partial charge in [0.2, 0.25) is 5.91 Å². The zero-order valence-corrected chi connectivity index (χ0v) is 16.3. The molecule has 146 valence electrons. The van der Waals surface area contributed by atoms with Crippen molar-refractivity contribution < 1.29 is 14.7 Å². The summed E-state index contributed by atoms with van der Waals surface area (Å²) >= 11 is 6.24. The van der Waals surface area contributed by atoms with Crippen molar-refractivity contribution in [3.8, 4) is 5.75 Å². The van der Waals surface area contributed by atoms with Crippen LogP contribution in [0.1, 0.15) is 21.5 Å². The highest BCUT2D eigenvalue weighted by Gasteiger charge is 2.35. The fourth-order valence-corrected chi connectivity index (χ4v) is 3.75. The van der Waals surface area contributed by atoms with Crippen LogP contribution in [0.2, 0.25) is 5.02 Å². The van der Waals surface area contributed by atoms with E-state index in [-0.39, 0.29) is 17.6 Å². The quantitative estimate of drug-likeness (QED) is 0.639. The molecule has 6 heteroatoms. The number of nitrogens with zero attached hydrogens (tertiary/aromatic N) is 1. The largest absolute Gasteiger partial charge is 0.508 e. The molecule has 0 saturated carbocycles.